The van der Waals surface area contributed by atoms with Crippen molar-refractivity contribution in [1.82, 2.24) is 14.6 Å². The van der Waals surface area contributed by atoms with Crippen LogP contribution in [0, 0.1) is 6.92 Å². The molecule has 27 heavy (non-hydrogen) atoms. The number of amides is 1. The summed E-state index contributed by atoms with van der Waals surface area (Å²) in [5, 5.41) is 7.79. The topological polar surface area (TPSA) is 98.7 Å². The van der Waals surface area contributed by atoms with Gasteiger partial charge in [0.05, 0.1) is 5.69 Å². The summed E-state index contributed by atoms with van der Waals surface area (Å²) < 4.78 is 12.4. The molecule has 8 heteroatoms. The molecular weight excluding hydrogens is 348 g/mol. The van der Waals surface area contributed by atoms with Crippen molar-refractivity contribution in [2.45, 2.75) is 20.0 Å². The molecule has 0 saturated carbocycles. The molecule has 8 nitrogen and oxygen atoms in total. The maximum atomic E-state index is 12.5. The number of carbonyl (C=O) groups excluding carboxylic acids is 1. The van der Waals surface area contributed by atoms with Gasteiger partial charge in [0.2, 0.25) is 0 Å². The van der Waals surface area contributed by atoms with Gasteiger partial charge in [-0.05, 0) is 44.2 Å². The normalized spacial score (nSPS) is 12.2. The number of fused-ring (bicyclic) bond motifs is 2. The second-order valence-electron chi connectivity index (χ2n) is 6.05. The predicted octanol–water partition coefficient (Wildman–Crippen LogP) is 2.55. The van der Waals surface area contributed by atoms with Crippen LogP contribution in [0.25, 0.3) is 16.6 Å². The number of carbonyl (C=O) groups is 1. The van der Waals surface area contributed by atoms with Gasteiger partial charge in [-0.15, -0.1) is 0 Å². The number of pyridine rings is 1. The molecule has 0 radical (unpaired) electrons. The molecule has 0 aliphatic rings. The summed E-state index contributed by atoms with van der Waals surface area (Å²) in [6.45, 7) is 3.42. The van der Waals surface area contributed by atoms with Crippen LogP contribution in [0.4, 0.5) is 5.69 Å². The first-order valence-corrected chi connectivity index (χ1v) is 8.33. The lowest BCUT2D eigenvalue weighted by Crippen LogP contribution is -2.30. The fourth-order valence-electron chi connectivity index (χ4n) is 2.72. The van der Waals surface area contributed by atoms with Crippen LogP contribution in [0.2, 0.25) is 0 Å². The molecule has 0 aliphatic carbocycles. The third-order valence-electron chi connectivity index (χ3n) is 4.00. The summed E-state index contributed by atoms with van der Waals surface area (Å²) >= 11 is 0. The van der Waals surface area contributed by atoms with Crippen LogP contribution in [-0.2, 0) is 4.79 Å². The standard InChI is InChI=1S/C19H16N4O4/c1-11(26-14-7-5-13-6-8-17(24)27-16(13)10-14)19(25)21-15-4-3-9-23-18(15)20-12(2)22-23/h3-11H,1-2H3,(H,21,25). The summed E-state index contributed by atoms with van der Waals surface area (Å²) in [5.41, 5.74) is 1.06. The first-order chi connectivity index (χ1) is 13.0. The highest BCUT2D eigenvalue weighted by Gasteiger charge is 2.17. The van der Waals surface area contributed by atoms with E-state index in [0.29, 0.717) is 28.5 Å². The van der Waals surface area contributed by atoms with E-state index in [-0.39, 0.29) is 5.91 Å². The molecule has 4 aromatic rings. The van der Waals surface area contributed by atoms with Crippen molar-refractivity contribution in [3.05, 3.63) is 64.9 Å². The molecule has 136 valence electrons. The van der Waals surface area contributed by atoms with Crippen LogP contribution in [0.3, 0.4) is 0 Å². The van der Waals surface area contributed by atoms with Crippen molar-refractivity contribution in [2.24, 2.45) is 0 Å². The Morgan fingerprint density at radius 2 is 2.07 bits per heavy atom. The molecule has 1 N–H and O–H groups in total. The maximum Gasteiger partial charge on any atom is 0.336 e. The summed E-state index contributed by atoms with van der Waals surface area (Å²) in [7, 11) is 0. The van der Waals surface area contributed by atoms with E-state index in [1.165, 1.54) is 6.07 Å². The molecule has 0 saturated heterocycles. The number of benzene rings is 1. The summed E-state index contributed by atoms with van der Waals surface area (Å²) in [6.07, 6.45) is 0.982. The van der Waals surface area contributed by atoms with Gasteiger partial charge in [-0.25, -0.2) is 14.3 Å². The van der Waals surface area contributed by atoms with Gasteiger partial charge in [-0.1, -0.05) is 0 Å². The lowest BCUT2D eigenvalue weighted by atomic mass is 10.2. The van der Waals surface area contributed by atoms with Crippen LogP contribution >= 0.6 is 0 Å². The van der Waals surface area contributed by atoms with E-state index in [1.807, 2.05) is 0 Å². The van der Waals surface area contributed by atoms with E-state index < -0.39 is 11.7 Å². The Labute approximate surface area is 153 Å². The molecule has 0 aliphatic heterocycles. The third kappa shape index (κ3) is 3.37. The first-order valence-electron chi connectivity index (χ1n) is 8.33. The van der Waals surface area contributed by atoms with E-state index in [2.05, 4.69) is 15.4 Å². The zero-order valence-corrected chi connectivity index (χ0v) is 14.7. The van der Waals surface area contributed by atoms with Crippen LogP contribution in [0.1, 0.15) is 12.7 Å². The van der Waals surface area contributed by atoms with E-state index in [4.69, 9.17) is 9.15 Å². The number of aromatic nitrogens is 3. The number of ether oxygens (including phenoxy) is 1. The van der Waals surface area contributed by atoms with Crippen molar-refractivity contribution in [2.75, 3.05) is 5.32 Å². The Hall–Kier alpha value is -3.68. The summed E-state index contributed by atoms with van der Waals surface area (Å²) in [6, 6.07) is 11.6. The fraction of sp³-hybridized carbons (Fsp3) is 0.158. The van der Waals surface area contributed by atoms with Gasteiger partial charge in [0.15, 0.2) is 11.8 Å². The van der Waals surface area contributed by atoms with Crippen molar-refractivity contribution in [3.8, 4) is 5.75 Å². The van der Waals surface area contributed by atoms with Crippen LogP contribution in [0.5, 0.6) is 5.75 Å². The van der Waals surface area contributed by atoms with Crippen LogP contribution in [0.15, 0.2) is 57.9 Å². The van der Waals surface area contributed by atoms with E-state index in [1.54, 1.807) is 61.0 Å². The van der Waals surface area contributed by atoms with Crippen molar-refractivity contribution >= 4 is 28.2 Å². The molecule has 3 aromatic heterocycles. The number of nitrogens with one attached hydrogen (secondary N) is 1. The Morgan fingerprint density at radius 3 is 2.93 bits per heavy atom. The van der Waals surface area contributed by atoms with Crippen LogP contribution < -0.4 is 15.7 Å². The van der Waals surface area contributed by atoms with Gasteiger partial charge >= 0.3 is 5.63 Å². The Bertz CT molecular complexity index is 1210. The zero-order valence-electron chi connectivity index (χ0n) is 14.7. The Kier molecular flexibility index (Phi) is 4.08. The van der Waals surface area contributed by atoms with Crippen molar-refractivity contribution < 1.29 is 13.9 Å². The fourth-order valence-corrected chi connectivity index (χ4v) is 2.72. The molecule has 3 heterocycles. The van der Waals surface area contributed by atoms with Crippen molar-refractivity contribution in [3.63, 3.8) is 0 Å². The minimum atomic E-state index is -0.776. The lowest BCUT2D eigenvalue weighted by molar-refractivity contribution is -0.122. The van der Waals surface area contributed by atoms with Gasteiger partial charge in [-0.3, -0.25) is 4.79 Å². The maximum absolute atomic E-state index is 12.5. The molecule has 4 rings (SSSR count). The smallest absolute Gasteiger partial charge is 0.336 e. The van der Waals surface area contributed by atoms with Gasteiger partial charge in [0, 0.05) is 23.7 Å². The van der Waals surface area contributed by atoms with E-state index >= 15 is 0 Å². The second-order valence-corrected chi connectivity index (χ2v) is 6.05. The molecule has 0 fully saturated rings. The summed E-state index contributed by atoms with van der Waals surface area (Å²) in [4.78, 5) is 28.2. The summed E-state index contributed by atoms with van der Waals surface area (Å²) in [5.74, 6) is 0.702. The van der Waals surface area contributed by atoms with E-state index in [9.17, 15) is 9.59 Å². The highest BCUT2D eigenvalue weighted by molar-refractivity contribution is 5.97. The van der Waals surface area contributed by atoms with E-state index in [0.717, 1.165) is 5.39 Å². The molecule has 0 bridgehead atoms. The first kappa shape index (κ1) is 16.8. The SMILES string of the molecule is Cc1nc2c(NC(=O)C(C)Oc3ccc4ccc(=O)oc4c3)cccn2n1. The van der Waals surface area contributed by atoms with Gasteiger partial charge in [0.25, 0.3) is 5.91 Å². The number of aryl methyl sites for hydroxylation is 1. The minimum absolute atomic E-state index is 0.335. The molecule has 1 unspecified atom stereocenters. The number of hydrogen-bond acceptors (Lipinski definition) is 6. The molecule has 1 amide bonds. The molecule has 1 atom stereocenters. The van der Waals surface area contributed by atoms with Crippen LogP contribution in [-0.4, -0.2) is 26.6 Å². The quantitative estimate of drug-likeness (QED) is 0.559. The zero-order chi connectivity index (χ0) is 19.0. The minimum Gasteiger partial charge on any atom is -0.481 e. The molecular formula is C19H16N4O4. The largest absolute Gasteiger partial charge is 0.481 e. The number of rotatable bonds is 4. The molecule has 0 spiro atoms. The highest BCUT2D eigenvalue weighted by Crippen LogP contribution is 2.21. The number of anilines is 1. The van der Waals surface area contributed by atoms with Gasteiger partial charge < -0.3 is 14.5 Å². The third-order valence-corrected chi connectivity index (χ3v) is 4.00. The second kappa shape index (κ2) is 6.56. The Morgan fingerprint density at radius 1 is 1.26 bits per heavy atom. The molecule has 1 aromatic carbocycles. The Balaban J connectivity index is 1.53. The number of hydrogen-bond donors (Lipinski definition) is 1. The van der Waals surface area contributed by atoms with Crippen molar-refractivity contribution in [1.29, 1.82) is 0 Å². The average Bonchev–Trinajstić information content (AvgIpc) is 3.02. The monoisotopic (exact) mass is 364 g/mol. The van der Waals surface area contributed by atoms with Gasteiger partial charge in [0.1, 0.15) is 17.2 Å². The predicted molar refractivity (Wildman–Crippen MR) is 98.9 cm³/mol. The van der Waals surface area contributed by atoms with Gasteiger partial charge in [-0.2, -0.15) is 5.10 Å². The highest BCUT2D eigenvalue weighted by atomic mass is 16.5. The number of nitrogens with zero attached hydrogens (tertiary/aromatic N) is 3. The average molecular weight is 364 g/mol. The lowest BCUT2D eigenvalue weighted by Gasteiger charge is -2.15.